The van der Waals surface area contributed by atoms with E-state index in [1.807, 2.05) is 24.3 Å². The van der Waals surface area contributed by atoms with Gasteiger partial charge in [-0.25, -0.2) is 4.98 Å². The van der Waals surface area contributed by atoms with E-state index in [0.717, 1.165) is 29.8 Å². The fourth-order valence-corrected chi connectivity index (χ4v) is 2.89. The van der Waals surface area contributed by atoms with Gasteiger partial charge in [-0.3, -0.25) is 4.79 Å². The van der Waals surface area contributed by atoms with Crippen LogP contribution in [0.1, 0.15) is 18.3 Å². The molecule has 3 rings (SSSR count). The number of hydrogen-bond donors (Lipinski definition) is 1. The third-order valence-electron chi connectivity index (χ3n) is 4.22. The molecule has 0 aliphatic rings. The standard InChI is InChI=1S/C21H23N3O/c1-16(2)21(25)22-14-12-20-23-18-10-6-7-11-19(18)24(20)15-13-17-8-4-3-5-9-17/h3-11H,1,12-15H2,2H3,(H,22,25). The van der Waals surface area contributed by atoms with Crippen LogP contribution in [-0.2, 0) is 24.2 Å². The van der Waals surface area contributed by atoms with Crippen LogP contribution in [0.25, 0.3) is 11.0 Å². The van der Waals surface area contributed by atoms with Crippen molar-refractivity contribution in [3.63, 3.8) is 0 Å². The number of aryl methyl sites for hydroxylation is 2. The van der Waals surface area contributed by atoms with E-state index in [1.54, 1.807) is 6.92 Å². The highest BCUT2D eigenvalue weighted by Crippen LogP contribution is 2.17. The lowest BCUT2D eigenvalue weighted by Crippen LogP contribution is -2.26. The van der Waals surface area contributed by atoms with Crippen LogP contribution in [-0.4, -0.2) is 22.0 Å². The maximum atomic E-state index is 11.7. The molecule has 1 heterocycles. The Labute approximate surface area is 148 Å². The average molecular weight is 333 g/mol. The van der Waals surface area contributed by atoms with Crippen LogP contribution in [0.3, 0.4) is 0 Å². The molecule has 0 bridgehead atoms. The molecule has 0 radical (unpaired) electrons. The molecular formula is C21H23N3O. The normalized spacial score (nSPS) is 10.8. The van der Waals surface area contributed by atoms with Gasteiger partial charge in [-0.05, 0) is 31.0 Å². The Morgan fingerprint density at radius 2 is 1.80 bits per heavy atom. The zero-order valence-electron chi connectivity index (χ0n) is 14.5. The zero-order chi connectivity index (χ0) is 17.6. The van der Waals surface area contributed by atoms with Gasteiger partial charge in [0.25, 0.3) is 0 Å². The van der Waals surface area contributed by atoms with E-state index in [1.165, 1.54) is 5.56 Å². The second-order valence-corrected chi connectivity index (χ2v) is 6.19. The minimum absolute atomic E-state index is 0.105. The Hall–Kier alpha value is -2.88. The number of aromatic nitrogens is 2. The van der Waals surface area contributed by atoms with Gasteiger partial charge < -0.3 is 9.88 Å². The van der Waals surface area contributed by atoms with Crippen molar-refractivity contribution in [1.29, 1.82) is 0 Å². The molecule has 25 heavy (non-hydrogen) atoms. The van der Waals surface area contributed by atoms with Gasteiger partial charge >= 0.3 is 0 Å². The van der Waals surface area contributed by atoms with Crippen LogP contribution in [0.5, 0.6) is 0 Å². The smallest absolute Gasteiger partial charge is 0.246 e. The number of para-hydroxylation sites is 2. The SMILES string of the molecule is C=C(C)C(=O)NCCc1nc2ccccc2n1CCc1ccccc1. The lowest BCUT2D eigenvalue weighted by atomic mass is 10.1. The van der Waals surface area contributed by atoms with Crippen molar-refractivity contribution in [2.24, 2.45) is 0 Å². The third kappa shape index (κ3) is 4.15. The van der Waals surface area contributed by atoms with Crippen molar-refractivity contribution >= 4 is 16.9 Å². The molecule has 0 atom stereocenters. The highest BCUT2D eigenvalue weighted by Gasteiger charge is 2.11. The summed E-state index contributed by atoms with van der Waals surface area (Å²) in [5.74, 6) is 0.895. The predicted molar refractivity (Wildman–Crippen MR) is 101 cm³/mol. The summed E-state index contributed by atoms with van der Waals surface area (Å²) in [6.07, 6.45) is 1.65. The summed E-state index contributed by atoms with van der Waals surface area (Å²) in [6, 6.07) is 18.6. The Balaban J connectivity index is 1.77. The monoisotopic (exact) mass is 333 g/mol. The van der Waals surface area contributed by atoms with Gasteiger partial charge in [-0.15, -0.1) is 0 Å². The van der Waals surface area contributed by atoms with Crippen LogP contribution in [0.15, 0.2) is 66.7 Å². The molecule has 3 aromatic rings. The Morgan fingerprint density at radius 3 is 2.56 bits per heavy atom. The number of amides is 1. The van der Waals surface area contributed by atoms with Gasteiger partial charge in [-0.1, -0.05) is 49.0 Å². The molecule has 2 aromatic carbocycles. The second kappa shape index (κ2) is 7.79. The number of rotatable bonds is 7. The molecule has 0 saturated carbocycles. The Morgan fingerprint density at radius 1 is 1.08 bits per heavy atom. The number of nitrogens with one attached hydrogen (secondary N) is 1. The number of hydrogen-bond acceptors (Lipinski definition) is 2. The molecule has 0 saturated heterocycles. The van der Waals surface area contributed by atoms with Crippen LogP contribution >= 0.6 is 0 Å². The number of carbonyl (C=O) groups excluding carboxylic acids is 1. The molecule has 0 fully saturated rings. The highest BCUT2D eigenvalue weighted by molar-refractivity contribution is 5.92. The maximum Gasteiger partial charge on any atom is 0.246 e. The molecule has 1 aromatic heterocycles. The van der Waals surface area contributed by atoms with Gasteiger partial charge in [0.15, 0.2) is 0 Å². The fourth-order valence-electron chi connectivity index (χ4n) is 2.89. The lowest BCUT2D eigenvalue weighted by molar-refractivity contribution is -0.117. The summed E-state index contributed by atoms with van der Waals surface area (Å²) in [5, 5.41) is 2.88. The zero-order valence-corrected chi connectivity index (χ0v) is 14.5. The summed E-state index contributed by atoms with van der Waals surface area (Å²) in [6.45, 7) is 6.80. The number of fused-ring (bicyclic) bond motifs is 1. The molecule has 4 nitrogen and oxygen atoms in total. The van der Waals surface area contributed by atoms with Crippen LogP contribution in [0.4, 0.5) is 0 Å². The predicted octanol–water partition coefficient (Wildman–Crippen LogP) is 3.51. The van der Waals surface area contributed by atoms with Crippen LogP contribution in [0, 0.1) is 0 Å². The second-order valence-electron chi connectivity index (χ2n) is 6.19. The van der Waals surface area contributed by atoms with Crippen molar-refractivity contribution in [3.8, 4) is 0 Å². The molecular weight excluding hydrogens is 310 g/mol. The van der Waals surface area contributed by atoms with Gasteiger partial charge in [0.05, 0.1) is 11.0 Å². The first-order valence-corrected chi connectivity index (χ1v) is 8.57. The van der Waals surface area contributed by atoms with Gasteiger partial charge in [-0.2, -0.15) is 0 Å². The van der Waals surface area contributed by atoms with Gasteiger partial charge in [0.2, 0.25) is 5.91 Å². The highest BCUT2D eigenvalue weighted by atomic mass is 16.1. The van der Waals surface area contributed by atoms with E-state index < -0.39 is 0 Å². The number of imidazole rings is 1. The molecule has 1 amide bonds. The minimum Gasteiger partial charge on any atom is -0.352 e. The van der Waals surface area contributed by atoms with Crippen molar-refractivity contribution in [3.05, 3.63) is 78.1 Å². The van der Waals surface area contributed by atoms with E-state index in [-0.39, 0.29) is 5.91 Å². The van der Waals surface area contributed by atoms with Crippen molar-refractivity contribution in [2.45, 2.75) is 26.3 Å². The lowest BCUT2D eigenvalue weighted by Gasteiger charge is -2.10. The molecule has 0 spiro atoms. The quantitative estimate of drug-likeness (QED) is 0.673. The van der Waals surface area contributed by atoms with E-state index in [4.69, 9.17) is 4.98 Å². The largest absolute Gasteiger partial charge is 0.352 e. The van der Waals surface area contributed by atoms with Gasteiger partial charge in [0, 0.05) is 25.1 Å². The first-order valence-electron chi connectivity index (χ1n) is 8.57. The minimum atomic E-state index is -0.105. The summed E-state index contributed by atoms with van der Waals surface area (Å²) in [7, 11) is 0. The molecule has 4 heteroatoms. The summed E-state index contributed by atoms with van der Waals surface area (Å²) < 4.78 is 2.26. The van der Waals surface area contributed by atoms with Gasteiger partial charge in [0.1, 0.15) is 5.82 Å². The Kier molecular flexibility index (Phi) is 5.29. The average Bonchev–Trinajstić information content (AvgIpc) is 2.98. The van der Waals surface area contributed by atoms with E-state index >= 15 is 0 Å². The van der Waals surface area contributed by atoms with Crippen molar-refractivity contribution < 1.29 is 4.79 Å². The molecule has 0 aliphatic carbocycles. The fraction of sp³-hybridized carbons (Fsp3) is 0.238. The molecule has 0 unspecified atom stereocenters. The van der Waals surface area contributed by atoms with E-state index in [2.05, 4.69) is 46.8 Å². The van der Waals surface area contributed by atoms with E-state index in [0.29, 0.717) is 18.5 Å². The maximum absolute atomic E-state index is 11.7. The summed E-state index contributed by atoms with van der Waals surface area (Å²) in [5.41, 5.74) is 3.97. The Bertz CT molecular complexity index is 881. The third-order valence-corrected chi connectivity index (χ3v) is 4.22. The number of carbonyl (C=O) groups is 1. The topological polar surface area (TPSA) is 46.9 Å². The number of nitrogens with zero attached hydrogens (tertiary/aromatic N) is 2. The van der Waals surface area contributed by atoms with Crippen LogP contribution in [0.2, 0.25) is 0 Å². The number of benzene rings is 2. The van der Waals surface area contributed by atoms with Crippen molar-refractivity contribution in [2.75, 3.05) is 6.54 Å². The molecule has 128 valence electrons. The molecule has 0 aliphatic heterocycles. The molecule has 1 N–H and O–H groups in total. The first kappa shape index (κ1) is 17.0. The summed E-state index contributed by atoms with van der Waals surface area (Å²) in [4.78, 5) is 16.4. The van der Waals surface area contributed by atoms with Crippen molar-refractivity contribution in [1.82, 2.24) is 14.9 Å². The van der Waals surface area contributed by atoms with E-state index in [9.17, 15) is 4.79 Å². The first-order chi connectivity index (χ1) is 12.1. The van der Waals surface area contributed by atoms with Crippen LogP contribution < -0.4 is 5.32 Å². The summed E-state index contributed by atoms with van der Waals surface area (Å²) >= 11 is 0.